The summed E-state index contributed by atoms with van der Waals surface area (Å²) in [5.41, 5.74) is 0. The second-order valence-corrected chi connectivity index (χ2v) is 1.38. The lowest BCUT2D eigenvalue weighted by Crippen LogP contribution is -2.06. The van der Waals surface area contributed by atoms with Gasteiger partial charge in [-0.1, -0.05) is 0 Å². The van der Waals surface area contributed by atoms with Crippen LogP contribution in [-0.2, 0) is 6.18 Å². The zero-order chi connectivity index (χ0) is 6.91. The predicted octanol–water partition coefficient (Wildman–Crippen LogP) is 1.23. The maximum atomic E-state index is 11.5. The Balaban J connectivity index is 2.90. The normalized spacial score (nSPS) is 11.9. The van der Waals surface area contributed by atoms with Gasteiger partial charge in [-0.05, 0) is 0 Å². The molecule has 1 N–H and O–H groups in total. The molecular weight excluding hydrogens is 133 g/mol. The van der Waals surface area contributed by atoms with E-state index in [0.717, 1.165) is 6.20 Å². The lowest BCUT2D eigenvalue weighted by molar-refractivity contribution is -0.144. The molecule has 49 valence electrons. The minimum absolute atomic E-state index is 1.00. The molecule has 1 heterocycles. The topological polar surface area (TPSA) is 28.7 Å². The fourth-order valence-corrected chi connectivity index (χ4v) is 0.375. The summed E-state index contributed by atoms with van der Waals surface area (Å²) in [5, 5.41) is 0. The van der Waals surface area contributed by atoms with Crippen molar-refractivity contribution in [2.24, 2.45) is 0 Å². The second-order valence-electron chi connectivity index (χ2n) is 1.38. The Labute approximate surface area is 48.7 Å². The molecule has 0 aromatic carbocycles. The highest BCUT2D eigenvalue weighted by Gasteiger charge is 2.33. The molecule has 0 saturated heterocycles. The quantitative estimate of drug-likeness (QED) is 0.569. The van der Waals surface area contributed by atoms with Gasteiger partial charge in [0.15, 0.2) is 0 Å². The van der Waals surface area contributed by atoms with Crippen LogP contribution in [-0.4, -0.2) is 9.97 Å². The molecule has 1 aromatic heterocycles. The molecule has 1 radical (unpaired) electrons. The number of aromatic nitrogens is 2. The van der Waals surface area contributed by atoms with E-state index in [1.54, 1.807) is 0 Å². The van der Waals surface area contributed by atoms with Crippen LogP contribution in [0.3, 0.4) is 0 Å². The van der Waals surface area contributed by atoms with Crippen LogP contribution in [0.4, 0.5) is 13.2 Å². The smallest absolute Gasteiger partial charge is 0.340 e. The molecule has 0 fully saturated rings. The second kappa shape index (κ2) is 1.75. The molecule has 0 atom stereocenters. The van der Waals surface area contributed by atoms with Gasteiger partial charge in [-0.3, -0.25) is 0 Å². The van der Waals surface area contributed by atoms with Crippen LogP contribution in [0.25, 0.3) is 0 Å². The minimum Gasteiger partial charge on any atom is -0.340 e. The van der Waals surface area contributed by atoms with Crippen molar-refractivity contribution in [2.45, 2.75) is 6.18 Å². The summed E-state index contributed by atoms with van der Waals surface area (Å²) in [4.78, 5) is 4.77. The van der Waals surface area contributed by atoms with Crippen molar-refractivity contribution in [3.05, 3.63) is 18.2 Å². The van der Waals surface area contributed by atoms with E-state index in [0.29, 0.717) is 0 Å². The van der Waals surface area contributed by atoms with Crippen LogP contribution >= 0.6 is 0 Å². The van der Waals surface area contributed by atoms with Gasteiger partial charge in [0.1, 0.15) is 6.20 Å². The van der Waals surface area contributed by atoms with Crippen molar-refractivity contribution < 1.29 is 13.2 Å². The van der Waals surface area contributed by atoms with Crippen LogP contribution < -0.4 is 0 Å². The Morgan fingerprint density at radius 3 is 2.44 bits per heavy atom. The highest BCUT2D eigenvalue weighted by Crippen LogP contribution is 2.24. The molecule has 0 unspecified atom stereocenters. The summed E-state index contributed by atoms with van der Waals surface area (Å²) in [6, 6.07) is 0. The van der Waals surface area contributed by atoms with E-state index in [2.05, 4.69) is 4.98 Å². The maximum absolute atomic E-state index is 11.5. The van der Waals surface area contributed by atoms with Gasteiger partial charge in [0, 0.05) is 6.20 Å². The van der Waals surface area contributed by atoms with E-state index >= 15 is 0 Å². The average Bonchev–Trinajstić information content (AvgIpc) is 2.08. The fourth-order valence-electron chi connectivity index (χ4n) is 0.375. The third-order valence-electron chi connectivity index (χ3n) is 0.718. The van der Waals surface area contributed by atoms with Gasteiger partial charge in [-0.25, -0.2) is 4.98 Å². The van der Waals surface area contributed by atoms with E-state index in [1.165, 1.54) is 0 Å². The summed E-state index contributed by atoms with van der Waals surface area (Å²) < 4.78 is 34.5. The molecule has 5 heteroatoms. The highest BCUT2D eigenvalue weighted by atomic mass is 19.4. The van der Waals surface area contributed by atoms with E-state index in [4.69, 9.17) is 0 Å². The molecule has 1 rings (SSSR count). The van der Waals surface area contributed by atoms with Gasteiger partial charge in [-0.2, -0.15) is 13.2 Å². The molecule has 2 nitrogen and oxygen atoms in total. The number of H-pyrrole nitrogens is 1. The SMILES string of the molecule is FC(F)(F)c1n[c]c[nH]1. The number of halogens is 3. The van der Waals surface area contributed by atoms with Gasteiger partial charge in [0.05, 0.1) is 0 Å². The Kier molecular flexibility index (Phi) is 1.19. The number of nitrogens with one attached hydrogen (secondary N) is 1. The zero-order valence-electron chi connectivity index (χ0n) is 4.16. The molecule has 0 aliphatic carbocycles. The molecule has 0 aliphatic rings. The van der Waals surface area contributed by atoms with E-state index in [9.17, 15) is 13.2 Å². The minimum atomic E-state index is -4.38. The molecule has 0 saturated carbocycles. The van der Waals surface area contributed by atoms with Crippen molar-refractivity contribution in [3.8, 4) is 0 Å². The van der Waals surface area contributed by atoms with Crippen molar-refractivity contribution in [2.75, 3.05) is 0 Å². The number of nitrogens with zero attached hydrogens (tertiary/aromatic N) is 1. The van der Waals surface area contributed by atoms with Crippen molar-refractivity contribution in [1.29, 1.82) is 0 Å². The third kappa shape index (κ3) is 1.22. The zero-order valence-corrected chi connectivity index (χ0v) is 4.16. The molecule has 0 aliphatic heterocycles. The molecule has 0 amide bonds. The Bertz CT molecular complexity index is 176. The molecular formula is C4H2F3N2. The first kappa shape index (κ1) is 6.12. The van der Waals surface area contributed by atoms with E-state index in [-0.39, 0.29) is 0 Å². The summed E-state index contributed by atoms with van der Waals surface area (Å²) >= 11 is 0. The summed E-state index contributed by atoms with van der Waals surface area (Å²) in [6.45, 7) is 0. The summed E-state index contributed by atoms with van der Waals surface area (Å²) in [5.74, 6) is -1.01. The van der Waals surface area contributed by atoms with Gasteiger partial charge in [0.2, 0.25) is 5.82 Å². The Morgan fingerprint density at radius 1 is 1.56 bits per heavy atom. The number of hydrogen-bond acceptors (Lipinski definition) is 1. The predicted molar refractivity (Wildman–Crippen MR) is 22.4 cm³/mol. The highest BCUT2D eigenvalue weighted by molar-refractivity contribution is 4.90. The molecule has 0 bridgehead atoms. The van der Waals surface area contributed by atoms with Crippen LogP contribution in [0.15, 0.2) is 6.20 Å². The fraction of sp³-hybridized carbons (Fsp3) is 0.250. The molecule has 9 heavy (non-hydrogen) atoms. The van der Waals surface area contributed by atoms with Gasteiger partial charge >= 0.3 is 6.18 Å². The number of hydrogen-bond donors (Lipinski definition) is 1. The third-order valence-corrected chi connectivity index (χ3v) is 0.718. The van der Waals surface area contributed by atoms with E-state index < -0.39 is 12.0 Å². The standard InChI is InChI=1S/C4H2F3N2/c5-4(6,7)3-8-1-2-9-3/h1H,(H,8,9). The molecule has 1 aromatic rings. The first-order valence-corrected chi connectivity index (χ1v) is 2.09. The number of alkyl halides is 3. The van der Waals surface area contributed by atoms with Gasteiger partial charge < -0.3 is 4.98 Å². The largest absolute Gasteiger partial charge is 0.449 e. The van der Waals surface area contributed by atoms with Gasteiger partial charge in [-0.15, -0.1) is 0 Å². The van der Waals surface area contributed by atoms with Crippen molar-refractivity contribution in [3.63, 3.8) is 0 Å². The average molecular weight is 135 g/mol. The molecule has 0 spiro atoms. The monoisotopic (exact) mass is 135 g/mol. The van der Waals surface area contributed by atoms with Crippen molar-refractivity contribution in [1.82, 2.24) is 9.97 Å². The van der Waals surface area contributed by atoms with Crippen LogP contribution in [0.2, 0.25) is 0 Å². The maximum Gasteiger partial charge on any atom is 0.449 e. The van der Waals surface area contributed by atoms with Crippen LogP contribution in [0, 0.1) is 6.20 Å². The number of imidazole rings is 1. The lowest BCUT2D eigenvalue weighted by atomic mass is 10.6. The van der Waals surface area contributed by atoms with Crippen LogP contribution in [0.1, 0.15) is 5.82 Å². The van der Waals surface area contributed by atoms with Crippen molar-refractivity contribution >= 4 is 0 Å². The van der Waals surface area contributed by atoms with E-state index in [1.807, 2.05) is 11.2 Å². The number of rotatable bonds is 0. The lowest BCUT2D eigenvalue weighted by Gasteiger charge is -1.98. The Hall–Kier alpha value is -1.00. The summed E-state index contributed by atoms with van der Waals surface area (Å²) in [6.07, 6.45) is -1.36. The summed E-state index contributed by atoms with van der Waals surface area (Å²) in [7, 11) is 0. The van der Waals surface area contributed by atoms with Crippen LogP contribution in [0.5, 0.6) is 0 Å². The first-order valence-electron chi connectivity index (χ1n) is 2.09. The first-order chi connectivity index (χ1) is 4.11. The number of aromatic amines is 1. The Morgan fingerprint density at radius 2 is 2.22 bits per heavy atom. The van der Waals surface area contributed by atoms with Gasteiger partial charge in [0.25, 0.3) is 0 Å².